The summed E-state index contributed by atoms with van der Waals surface area (Å²) in [5, 5.41) is 5.27. The van der Waals surface area contributed by atoms with Crippen LogP contribution in [-0.2, 0) is 6.54 Å². The van der Waals surface area contributed by atoms with Crippen LogP contribution < -0.4 is 15.2 Å². The molecule has 6 aromatic rings. The number of ether oxygens (including phenoxy) is 2. The third-order valence-electron chi connectivity index (χ3n) is 6.12. The average Bonchev–Trinajstić information content (AvgIpc) is 3.52. The zero-order valence-corrected chi connectivity index (χ0v) is 20.3. The number of imidazole rings is 1. The molecule has 0 saturated heterocycles. The zero-order valence-electron chi connectivity index (χ0n) is 20.3. The first-order valence-electron chi connectivity index (χ1n) is 11.8. The van der Waals surface area contributed by atoms with Gasteiger partial charge in [-0.25, -0.2) is 9.78 Å². The SMILES string of the molecule is CCOc1ccnc2[nH]c(=O)n(-c3ccc4ncc(-c5cnn(Cc6cccnc6)c5)c(OC)c4c3)c12. The van der Waals surface area contributed by atoms with E-state index in [1.54, 1.807) is 42.5 Å². The predicted molar refractivity (Wildman–Crippen MR) is 139 cm³/mol. The second kappa shape index (κ2) is 9.23. The lowest BCUT2D eigenvalue weighted by Crippen LogP contribution is -2.15. The molecule has 0 atom stereocenters. The standard InChI is InChI=1S/C27H23N7O3/c1-3-37-23-8-10-29-26-24(23)34(27(35)32-26)19-6-7-22-20(11-19)25(36-2)21(14-30-22)18-13-31-33(16-18)15-17-5-4-9-28-12-17/h4-14,16H,3,15H2,1-2H3,(H,29,32,35). The fraction of sp³-hybridized carbons (Fsp3) is 0.148. The molecule has 6 rings (SSSR count). The van der Waals surface area contributed by atoms with Crippen molar-refractivity contribution >= 4 is 22.1 Å². The monoisotopic (exact) mass is 493 g/mol. The molecule has 1 aromatic carbocycles. The zero-order chi connectivity index (χ0) is 25.4. The highest BCUT2D eigenvalue weighted by Crippen LogP contribution is 2.37. The number of hydrogen-bond acceptors (Lipinski definition) is 7. The van der Waals surface area contributed by atoms with Gasteiger partial charge in [0, 0.05) is 53.6 Å². The molecule has 0 aliphatic carbocycles. The largest absolute Gasteiger partial charge is 0.495 e. The Labute approximate surface area is 211 Å². The van der Waals surface area contributed by atoms with E-state index in [1.165, 1.54) is 0 Å². The lowest BCUT2D eigenvalue weighted by Gasteiger charge is -2.13. The number of methoxy groups -OCH3 is 1. The molecule has 0 aliphatic heterocycles. The lowest BCUT2D eigenvalue weighted by atomic mass is 10.1. The minimum atomic E-state index is -0.311. The number of benzene rings is 1. The molecule has 0 unspecified atom stereocenters. The number of aromatic amines is 1. The summed E-state index contributed by atoms with van der Waals surface area (Å²) in [5.74, 6) is 1.22. The quantitative estimate of drug-likeness (QED) is 0.358. The maximum absolute atomic E-state index is 13.0. The molecule has 10 nitrogen and oxygen atoms in total. The Hall–Kier alpha value is -4.99. The number of fused-ring (bicyclic) bond motifs is 2. The second-order valence-electron chi connectivity index (χ2n) is 8.40. The summed E-state index contributed by atoms with van der Waals surface area (Å²) in [6.45, 7) is 2.96. The number of rotatable bonds is 7. The van der Waals surface area contributed by atoms with Crippen LogP contribution in [0.5, 0.6) is 11.5 Å². The number of H-pyrrole nitrogens is 1. The Kier molecular flexibility index (Phi) is 5.61. The first kappa shape index (κ1) is 22.5. The predicted octanol–water partition coefficient (Wildman–Crippen LogP) is 3.98. The lowest BCUT2D eigenvalue weighted by molar-refractivity contribution is 0.343. The Morgan fingerprint density at radius 3 is 2.78 bits per heavy atom. The van der Waals surface area contributed by atoms with Crippen molar-refractivity contribution in [2.75, 3.05) is 13.7 Å². The molecular weight excluding hydrogens is 470 g/mol. The summed E-state index contributed by atoms with van der Waals surface area (Å²) in [7, 11) is 1.62. The summed E-state index contributed by atoms with van der Waals surface area (Å²) < 4.78 is 15.1. The summed E-state index contributed by atoms with van der Waals surface area (Å²) >= 11 is 0. The third kappa shape index (κ3) is 3.98. The fourth-order valence-corrected chi connectivity index (χ4v) is 4.51. The normalized spacial score (nSPS) is 11.3. The molecule has 5 aromatic heterocycles. The van der Waals surface area contributed by atoms with Crippen LogP contribution in [0.25, 0.3) is 38.9 Å². The van der Waals surface area contributed by atoms with Crippen LogP contribution in [0.1, 0.15) is 12.5 Å². The van der Waals surface area contributed by atoms with Gasteiger partial charge < -0.3 is 9.47 Å². The highest BCUT2D eigenvalue weighted by atomic mass is 16.5. The van der Waals surface area contributed by atoms with Crippen molar-refractivity contribution in [2.45, 2.75) is 13.5 Å². The summed E-state index contributed by atoms with van der Waals surface area (Å²) in [4.78, 5) is 28.9. The van der Waals surface area contributed by atoms with Crippen molar-refractivity contribution in [1.82, 2.24) is 34.3 Å². The van der Waals surface area contributed by atoms with Crippen LogP contribution in [0, 0.1) is 0 Å². The van der Waals surface area contributed by atoms with Gasteiger partial charge in [0.25, 0.3) is 0 Å². The maximum Gasteiger partial charge on any atom is 0.332 e. The Bertz CT molecular complexity index is 1790. The van der Waals surface area contributed by atoms with Crippen molar-refractivity contribution in [1.29, 1.82) is 0 Å². The Balaban J connectivity index is 1.47. The minimum absolute atomic E-state index is 0.311. The van der Waals surface area contributed by atoms with Crippen LogP contribution in [0.3, 0.4) is 0 Å². The number of hydrogen-bond donors (Lipinski definition) is 1. The van der Waals surface area contributed by atoms with E-state index in [9.17, 15) is 4.79 Å². The van der Waals surface area contributed by atoms with Crippen LogP contribution in [0.4, 0.5) is 0 Å². The first-order valence-corrected chi connectivity index (χ1v) is 11.8. The average molecular weight is 494 g/mol. The second-order valence-corrected chi connectivity index (χ2v) is 8.40. The maximum atomic E-state index is 13.0. The topological polar surface area (TPSA) is 113 Å². The molecule has 0 fully saturated rings. The van der Waals surface area contributed by atoms with Crippen LogP contribution >= 0.6 is 0 Å². The van der Waals surface area contributed by atoms with Crippen LogP contribution in [-0.4, -0.2) is 48.0 Å². The molecule has 5 heterocycles. The van der Waals surface area contributed by atoms with Crippen molar-refractivity contribution < 1.29 is 9.47 Å². The molecule has 0 spiro atoms. The number of nitrogens with one attached hydrogen (secondary N) is 1. The number of nitrogens with zero attached hydrogens (tertiary/aromatic N) is 6. The van der Waals surface area contributed by atoms with Crippen LogP contribution in [0.2, 0.25) is 0 Å². The van der Waals surface area contributed by atoms with Crippen molar-refractivity contribution in [2.24, 2.45) is 0 Å². The molecule has 0 saturated carbocycles. The van der Waals surface area contributed by atoms with E-state index in [4.69, 9.17) is 9.47 Å². The Morgan fingerprint density at radius 2 is 1.97 bits per heavy atom. The molecule has 0 bridgehead atoms. The highest BCUT2D eigenvalue weighted by molar-refractivity contribution is 5.93. The summed E-state index contributed by atoms with van der Waals surface area (Å²) in [5.41, 5.74) is 4.82. The van der Waals surface area contributed by atoms with Gasteiger partial charge in [-0.05, 0) is 36.8 Å². The van der Waals surface area contributed by atoms with E-state index in [2.05, 4.69) is 25.0 Å². The van der Waals surface area contributed by atoms with E-state index >= 15 is 0 Å². The number of pyridine rings is 3. The summed E-state index contributed by atoms with van der Waals surface area (Å²) in [6, 6.07) is 11.3. The minimum Gasteiger partial charge on any atom is -0.495 e. The van der Waals surface area contributed by atoms with E-state index in [-0.39, 0.29) is 5.69 Å². The van der Waals surface area contributed by atoms with Crippen molar-refractivity contribution in [3.05, 3.63) is 89.6 Å². The molecule has 10 heteroatoms. The van der Waals surface area contributed by atoms with Gasteiger partial charge in [-0.3, -0.25) is 24.2 Å². The van der Waals surface area contributed by atoms with Gasteiger partial charge in [0.15, 0.2) is 5.65 Å². The Morgan fingerprint density at radius 1 is 1.05 bits per heavy atom. The van der Waals surface area contributed by atoms with Gasteiger partial charge in [-0.2, -0.15) is 5.10 Å². The molecule has 0 aliphatic rings. The van der Waals surface area contributed by atoms with E-state index in [1.807, 2.05) is 54.3 Å². The van der Waals surface area contributed by atoms with Gasteiger partial charge in [0.1, 0.15) is 17.0 Å². The third-order valence-corrected chi connectivity index (χ3v) is 6.12. The molecular formula is C27H23N7O3. The smallest absolute Gasteiger partial charge is 0.332 e. The molecule has 37 heavy (non-hydrogen) atoms. The van der Waals surface area contributed by atoms with Gasteiger partial charge in [-0.15, -0.1) is 0 Å². The van der Waals surface area contributed by atoms with E-state index < -0.39 is 0 Å². The van der Waals surface area contributed by atoms with Crippen LogP contribution in [0.15, 0.2) is 78.4 Å². The van der Waals surface area contributed by atoms with E-state index in [0.717, 1.165) is 27.6 Å². The van der Waals surface area contributed by atoms with E-state index in [0.29, 0.717) is 41.5 Å². The number of aromatic nitrogens is 7. The van der Waals surface area contributed by atoms with Gasteiger partial charge in [0.2, 0.25) is 0 Å². The first-order chi connectivity index (χ1) is 18.2. The summed E-state index contributed by atoms with van der Waals surface area (Å²) in [6.07, 6.45) is 10.7. The molecule has 1 N–H and O–H groups in total. The van der Waals surface area contributed by atoms with Gasteiger partial charge in [-0.1, -0.05) is 6.07 Å². The molecule has 184 valence electrons. The fourth-order valence-electron chi connectivity index (χ4n) is 4.51. The van der Waals surface area contributed by atoms with Gasteiger partial charge in [0.05, 0.1) is 37.7 Å². The molecule has 0 radical (unpaired) electrons. The van der Waals surface area contributed by atoms with Crippen molar-refractivity contribution in [3.63, 3.8) is 0 Å². The van der Waals surface area contributed by atoms with Crippen molar-refractivity contribution in [3.8, 4) is 28.3 Å². The van der Waals surface area contributed by atoms with Gasteiger partial charge >= 0.3 is 5.69 Å². The highest BCUT2D eigenvalue weighted by Gasteiger charge is 2.18. The molecule has 0 amide bonds.